The van der Waals surface area contributed by atoms with Gasteiger partial charge in [0, 0.05) is 23.7 Å². The zero-order valence-corrected chi connectivity index (χ0v) is 14.8. The second-order valence-corrected chi connectivity index (χ2v) is 6.72. The van der Waals surface area contributed by atoms with Crippen molar-refractivity contribution >= 4 is 17.5 Å². The van der Waals surface area contributed by atoms with Crippen LogP contribution in [-0.2, 0) is 0 Å². The van der Waals surface area contributed by atoms with E-state index in [9.17, 15) is 9.18 Å². The highest BCUT2D eigenvalue weighted by Gasteiger charge is 2.25. The zero-order chi connectivity index (χ0) is 18.1. The summed E-state index contributed by atoms with van der Waals surface area (Å²) in [6.07, 6.45) is 1.99. The number of rotatable bonds is 3. The van der Waals surface area contributed by atoms with Crippen LogP contribution in [0.3, 0.4) is 0 Å². The fraction of sp³-hybridized carbons (Fsp3) is 0.200. The van der Waals surface area contributed by atoms with Crippen LogP contribution in [-0.4, -0.2) is 33.7 Å². The fourth-order valence-electron chi connectivity index (χ4n) is 3.22. The van der Waals surface area contributed by atoms with Crippen LogP contribution in [0, 0.1) is 5.82 Å². The third-order valence-electron chi connectivity index (χ3n) is 4.52. The lowest BCUT2D eigenvalue weighted by Crippen LogP contribution is -2.29. The molecule has 132 valence electrons. The highest BCUT2D eigenvalue weighted by molar-refractivity contribution is 6.30. The maximum absolute atomic E-state index is 14.2. The van der Waals surface area contributed by atoms with Crippen LogP contribution in [0.25, 0.3) is 16.9 Å². The number of hydrogen-bond donors (Lipinski definition) is 0. The molecule has 0 atom stereocenters. The normalized spacial score (nSPS) is 14.0. The van der Waals surface area contributed by atoms with Gasteiger partial charge in [0.15, 0.2) is 0 Å². The van der Waals surface area contributed by atoms with E-state index in [1.165, 1.54) is 6.07 Å². The number of aromatic nitrogens is 2. The largest absolute Gasteiger partial charge is 0.337 e. The van der Waals surface area contributed by atoms with Crippen molar-refractivity contribution in [2.75, 3.05) is 13.1 Å². The van der Waals surface area contributed by atoms with Gasteiger partial charge < -0.3 is 4.90 Å². The summed E-state index contributed by atoms with van der Waals surface area (Å²) >= 11 is 6.11. The van der Waals surface area contributed by atoms with E-state index in [4.69, 9.17) is 11.6 Å². The first kappa shape index (κ1) is 16.8. The average Bonchev–Trinajstić information content (AvgIpc) is 3.32. The predicted octanol–water partition coefficient (Wildman–Crippen LogP) is 4.57. The van der Waals surface area contributed by atoms with Gasteiger partial charge in [-0.25, -0.2) is 9.07 Å². The number of likely N-dealkylation sites (tertiary alicyclic amines) is 1. The molecule has 0 bridgehead atoms. The molecule has 2 heterocycles. The minimum atomic E-state index is -0.372. The van der Waals surface area contributed by atoms with Gasteiger partial charge in [0.05, 0.1) is 11.4 Å². The van der Waals surface area contributed by atoms with Crippen molar-refractivity contribution in [2.45, 2.75) is 12.8 Å². The number of amides is 1. The molecule has 6 heteroatoms. The molecule has 4 rings (SSSR count). The maximum Gasteiger partial charge on any atom is 0.272 e. The van der Waals surface area contributed by atoms with Crippen LogP contribution in [0.5, 0.6) is 0 Å². The molecule has 0 spiro atoms. The van der Waals surface area contributed by atoms with Gasteiger partial charge >= 0.3 is 0 Å². The van der Waals surface area contributed by atoms with E-state index in [1.54, 1.807) is 47.1 Å². The van der Waals surface area contributed by atoms with Crippen molar-refractivity contribution in [1.82, 2.24) is 14.7 Å². The van der Waals surface area contributed by atoms with Crippen molar-refractivity contribution in [3.63, 3.8) is 0 Å². The minimum Gasteiger partial charge on any atom is -0.337 e. The molecule has 0 saturated carbocycles. The molecule has 3 aromatic rings. The number of halogens is 2. The summed E-state index contributed by atoms with van der Waals surface area (Å²) in [6.45, 7) is 1.46. The van der Waals surface area contributed by atoms with E-state index in [1.807, 2.05) is 11.0 Å². The first-order valence-electron chi connectivity index (χ1n) is 8.54. The van der Waals surface area contributed by atoms with Crippen LogP contribution >= 0.6 is 11.6 Å². The van der Waals surface area contributed by atoms with Gasteiger partial charge in [-0.05, 0) is 49.2 Å². The second-order valence-electron chi connectivity index (χ2n) is 6.29. The van der Waals surface area contributed by atoms with E-state index in [2.05, 4.69) is 5.10 Å². The predicted molar refractivity (Wildman–Crippen MR) is 99.1 cm³/mol. The topological polar surface area (TPSA) is 38.1 Å². The second kappa shape index (κ2) is 6.92. The Labute approximate surface area is 155 Å². The zero-order valence-electron chi connectivity index (χ0n) is 14.0. The van der Waals surface area contributed by atoms with E-state index in [0.29, 0.717) is 27.7 Å². The summed E-state index contributed by atoms with van der Waals surface area (Å²) in [5.74, 6) is -0.471. The summed E-state index contributed by atoms with van der Waals surface area (Å²) in [6, 6.07) is 15.2. The summed E-state index contributed by atoms with van der Waals surface area (Å²) in [5.41, 5.74) is 1.87. The van der Waals surface area contributed by atoms with E-state index >= 15 is 0 Å². The van der Waals surface area contributed by atoms with Crippen molar-refractivity contribution in [1.29, 1.82) is 0 Å². The Kier molecular flexibility index (Phi) is 4.47. The van der Waals surface area contributed by atoms with Gasteiger partial charge in [0.1, 0.15) is 11.5 Å². The Bertz CT molecular complexity index is 963. The van der Waals surface area contributed by atoms with E-state index < -0.39 is 0 Å². The lowest BCUT2D eigenvalue weighted by Gasteiger charge is -2.16. The van der Waals surface area contributed by atoms with Gasteiger partial charge in [0.2, 0.25) is 0 Å². The summed E-state index contributed by atoms with van der Waals surface area (Å²) in [4.78, 5) is 14.8. The highest BCUT2D eigenvalue weighted by Crippen LogP contribution is 2.26. The van der Waals surface area contributed by atoms with Crippen LogP contribution in [0.1, 0.15) is 23.3 Å². The molecule has 0 N–H and O–H groups in total. The average molecular weight is 370 g/mol. The highest BCUT2D eigenvalue weighted by atomic mass is 35.5. The number of carbonyl (C=O) groups is 1. The molecule has 1 fully saturated rings. The van der Waals surface area contributed by atoms with Gasteiger partial charge in [0.25, 0.3) is 5.91 Å². The van der Waals surface area contributed by atoms with Crippen molar-refractivity contribution in [2.24, 2.45) is 0 Å². The van der Waals surface area contributed by atoms with Gasteiger partial charge in [-0.3, -0.25) is 4.79 Å². The molecule has 0 radical (unpaired) electrons. The molecule has 2 aromatic carbocycles. The number of carbonyl (C=O) groups excluding carboxylic acids is 1. The Hall–Kier alpha value is -2.66. The Morgan fingerprint density at radius 3 is 2.54 bits per heavy atom. The Balaban J connectivity index is 1.85. The van der Waals surface area contributed by atoms with Crippen molar-refractivity contribution in [3.8, 4) is 16.9 Å². The quantitative estimate of drug-likeness (QED) is 0.678. The van der Waals surface area contributed by atoms with Crippen molar-refractivity contribution < 1.29 is 9.18 Å². The SMILES string of the molecule is O=C(c1cc(-c2ccccc2F)nn1-c1cccc(Cl)c1)N1CCCC1. The standard InChI is InChI=1S/C20H17ClFN3O/c21-14-6-5-7-15(12-14)25-19(20(26)24-10-3-4-11-24)13-18(23-25)16-8-1-2-9-17(16)22/h1-2,5-9,12-13H,3-4,10-11H2. The third kappa shape index (κ3) is 3.10. The van der Waals surface area contributed by atoms with Gasteiger partial charge in [-0.1, -0.05) is 29.8 Å². The summed E-state index contributed by atoms with van der Waals surface area (Å²) in [7, 11) is 0. The monoisotopic (exact) mass is 369 g/mol. The molecule has 1 saturated heterocycles. The number of hydrogen-bond acceptors (Lipinski definition) is 2. The van der Waals surface area contributed by atoms with Crippen LogP contribution in [0.15, 0.2) is 54.6 Å². The Morgan fingerprint density at radius 2 is 1.81 bits per heavy atom. The van der Waals surface area contributed by atoms with Gasteiger partial charge in [-0.2, -0.15) is 5.10 Å². The molecular formula is C20H17ClFN3O. The summed E-state index contributed by atoms with van der Waals surface area (Å²) < 4.78 is 15.8. The molecule has 0 unspecified atom stereocenters. The molecule has 1 aromatic heterocycles. The molecule has 0 aliphatic carbocycles. The third-order valence-corrected chi connectivity index (χ3v) is 4.76. The smallest absolute Gasteiger partial charge is 0.272 e. The number of benzene rings is 2. The van der Waals surface area contributed by atoms with E-state index in [-0.39, 0.29) is 11.7 Å². The molecule has 1 aliphatic heterocycles. The molecular weight excluding hydrogens is 353 g/mol. The first-order chi connectivity index (χ1) is 12.6. The molecule has 1 amide bonds. The molecule has 1 aliphatic rings. The van der Waals surface area contributed by atoms with Crippen LogP contribution in [0.2, 0.25) is 5.02 Å². The lowest BCUT2D eigenvalue weighted by atomic mass is 10.1. The fourth-order valence-corrected chi connectivity index (χ4v) is 3.41. The summed E-state index contributed by atoms with van der Waals surface area (Å²) in [5, 5.41) is 5.06. The molecule has 26 heavy (non-hydrogen) atoms. The maximum atomic E-state index is 14.2. The molecule has 4 nitrogen and oxygen atoms in total. The lowest BCUT2D eigenvalue weighted by molar-refractivity contribution is 0.0784. The van der Waals surface area contributed by atoms with Crippen LogP contribution in [0.4, 0.5) is 4.39 Å². The van der Waals surface area contributed by atoms with Crippen LogP contribution < -0.4 is 0 Å². The van der Waals surface area contributed by atoms with Gasteiger partial charge in [-0.15, -0.1) is 0 Å². The Morgan fingerprint density at radius 1 is 1.04 bits per heavy atom. The number of nitrogens with zero attached hydrogens (tertiary/aromatic N) is 3. The minimum absolute atomic E-state index is 0.0995. The first-order valence-corrected chi connectivity index (χ1v) is 8.91. The van der Waals surface area contributed by atoms with Crippen molar-refractivity contribution in [3.05, 3.63) is 71.1 Å². The van der Waals surface area contributed by atoms with E-state index in [0.717, 1.165) is 25.9 Å².